The molecule has 0 saturated heterocycles. The van der Waals surface area contributed by atoms with E-state index in [2.05, 4.69) is 15.5 Å². The van der Waals surface area contributed by atoms with Crippen molar-refractivity contribution in [3.05, 3.63) is 40.7 Å². The van der Waals surface area contributed by atoms with Gasteiger partial charge in [0.25, 0.3) is 0 Å². The van der Waals surface area contributed by atoms with E-state index in [0.29, 0.717) is 21.8 Å². The van der Waals surface area contributed by atoms with E-state index < -0.39 is 11.7 Å². The number of benzene rings is 1. The molecule has 1 atom stereocenters. The van der Waals surface area contributed by atoms with Gasteiger partial charge in [-0.05, 0) is 44.4 Å². The molecule has 2 heterocycles. The summed E-state index contributed by atoms with van der Waals surface area (Å²) in [7, 11) is 0. The van der Waals surface area contributed by atoms with Crippen molar-refractivity contribution in [2.45, 2.75) is 51.4 Å². The molecule has 3 rings (SSSR count). The molecule has 1 amide bonds. The van der Waals surface area contributed by atoms with Gasteiger partial charge >= 0.3 is 6.09 Å². The van der Waals surface area contributed by atoms with Crippen LogP contribution in [0.25, 0.3) is 0 Å². The van der Waals surface area contributed by atoms with E-state index >= 15 is 0 Å². The maximum absolute atomic E-state index is 12.3. The Labute approximate surface area is 173 Å². The number of hydrogen-bond acceptors (Lipinski definition) is 6. The second kappa shape index (κ2) is 8.13. The minimum absolute atomic E-state index is 0.0712. The van der Waals surface area contributed by atoms with Crippen LogP contribution in [0.4, 0.5) is 4.79 Å². The largest absolute Gasteiger partial charge is 0.444 e. The quantitative estimate of drug-likeness (QED) is 0.785. The average molecular weight is 422 g/mol. The predicted octanol–water partition coefficient (Wildman–Crippen LogP) is 4.51. The van der Waals surface area contributed by atoms with Gasteiger partial charge in [0, 0.05) is 10.8 Å². The van der Waals surface area contributed by atoms with E-state index in [1.807, 2.05) is 58.9 Å². The molecule has 1 unspecified atom stereocenters. The maximum Gasteiger partial charge on any atom is 0.408 e. The van der Waals surface area contributed by atoms with Crippen molar-refractivity contribution in [3.8, 4) is 0 Å². The molecule has 2 aromatic rings. The van der Waals surface area contributed by atoms with E-state index in [0.717, 1.165) is 11.3 Å². The third-order valence-electron chi connectivity index (χ3n) is 3.99. The molecule has 0 radical (unpaired) electrons. The fourth-order valence-electron chi connectivity index (χ4n) is 2.68. The van der Waals surface area contributed by atoms with Crippen molar-refractivity contribution < 1.29 is 9.53 Å². The molecule has 7 nitrogen and oxygen atoms in total. The van der Waals surface area contributed by atoms with Crippen LogP contribution in [0.1, 0.15) is 52.0 Å². The lowest BCUT2D eigenvalue weighted by atomic mass is 10.0. The zero-order chi connectivity index (χ0) is 20.5. The molecule has 1 aromatic heterocycles. The number of halogens is 1. The number of hydrogen-bond donors (Lipinski definition) is 1. The lowest BCUT2D eigenvalue weighted by Gasteiger charge is -2.25. The molecule has 0 fully saturated rings. The summed E-state index contributed by atoms with van der Waals surface area (Å²) in [5.74, 6) is 1.34. The van der Waals surface area contributed by atoms with Crippen LogP contribution in [0.3, 0.4) is 0 Å². The van der Waals surface area contributed by atoms with Crippen molar-refractivity contribution in [2.24, 2.45) is 11.0 Å². The van der Waals surface area contributed by atoms with Crippen LogP contribution in [-0.4, -0.2) is 38.0 Å². The van der Waals surface area contributed by atoms with Gasteiger partial charge in [-0.15, -0.1) is 10.2 Å². The Kier molecular flexibility index (Phi) is 6.00. The Morgan fingerprint density at radius 2 is 1.93 bits per heavy atom. The van der Waals surface area contributed by atoms with Crippen molar-refractivity contribution >= 4 is 35.2 Å². The summed E-state index contributed by atoms with van der Waals surface area (Å²) in [6.07, 6.45) is -0.492. The number of carbonyl (C=O) groups is 1. The Morgan fingerprint density at radius 3 is 2.54 bits per heavy atom. The van der Waals surface area contributed by atoms with Crippen molar-refractivity contribution in [1.82, 2.24) is 20.2 Å². The van der Waals surface area contributed by atoms with Crippen molar-refractivity contribution in [3.63, 3.8) is 0 Å². The second-order valence-electron chi connectivity index (χ2n) is 7.86. The normalized spacial score (nSPS) is 15.0. The SMILES string of the molecule is CC(C)C(NC(=O)OC(C)(C)C)c1nnc2n1N=C(c1ccc(Cl)cc1)CS2. The number of alkyl carbamates (subject to hydrolysis) is 1. The van der Waals surface area contributed by atoms with Crippen LogP contribution < -0.4 is 5.32 Å². The van der Waals surface area contributed by atoms with Gasteiger partial charge in [0.05, 0.1) is 11.8 Å². The number of ether oxygens (including phenoxy) is 1. The smallest absolute Gasteiger partial charge is 0.408 e. The number of rotatable bonds is 4. The molecule has 0 bridgehead atoms. The van der Waals surface area contributed by atoms with E-state index in [1.54, 1.807) is 16.4 Å². The minimum Gasteiger partial charge on any atom is -0.444 e. The highest BCUT2D eigenvalue weighted by Gasteiger charge is 2.30. The van der Waals surface area contributed by atoms with Crippen molar-refractivity contribution in [1.29, 1.82) is 0 Å². The van der Waals surface area contributed by atoms with Gasteiger partial charge in [-0.2, -0.15) is 9.78 Å². The summed E-state index contributed by atoms with van der Waals surface area (Å²) in [5, 5.41) is 17.6. The van der Waals surface area contributed by atoms with E-state index in [4.69, 9.17) is 21.4 Å². The first-order valence-electron chi connectivity index (χ1n) is 9.05. The van der Waals surface area contributed by atoms with Crippen LogP contribution in [0.2, 0.25) is 5.02 Å². The fraction of sp³-hybridized carbons (Fsp3) is 0.474. The summed E-state index contributed by atoms with van der Waals surface area (Å²) in [6, 6.07) is 7.18. The van der Waals surface area contributed by atoms with Crippen LogP contribution in [-0.2, 0) is 4.74 Å². The number of carbonyl (C=O) groups excluding carboxylic acids is 1. The molecule has 28 heavy (non-hydrogen) atoms. The molecule has 0 aliphatic carbocycles. The standard InChI is InChI=1S/C19H24ClN5O2S/c1-11(2)15(21-18(26)27-19(3,4)5)16-22-23-17-25(16)24-14(10-28-17)12-6-8-13(20)9-7-12/h6-9,11,15H,10H2,1-5H3,(H,21,26). The molecule has 1 aliphatic rings. The van der Waals surface area contributed by atoms with Gasteiger partial charge in [-0.1, -0.05) is 49.3 Å². The highest BCUT2D eigenvalue weighted by molar-refractivity contribution is 7.99. The number of nitrogens with one attached hydrogen (secondary N) is 1. The minimum atomic E-state index is -0.578. The lowest BCUT2D eigenvalue weighted by Crippen LogP contribution is -2.38. The topological polar surface area (TPSA) is 81.4 Å². The molecule has 0 spiro atoms. The number of nitrogens with zero attached hydrogens (tertiary/aromatic N) is 4. The molecule has 150 valence electrons. The van der Waals surface area contributed by atoms with Crippen LogP contribution in [0, 0.1) is 5.92 Å². The summed E-state index contributed by atoms with van der Waals surface area (Å²) in [4.78, 5) is 12.3. The molecule has 1 aromatic carbocycles. The number of aromatic nitrogens is 3. The summed E-state index contributed by atoms with van der Waals surface area (Å²) < 4.78 is 7.11. The van der Waals surface area contributed by atoms with Gasteiger partial charge < -0.3 is 10.1 Å². The Bertz CT molecular complexity index is 887. The van der Waals surface area contributed by atoms with Gasteiger partial charge in [0.1, 0.15) is 5.60 Å². The monoisotopic (exact) mass is 421 g/mol. The first-order valence-corrected chi connectivity index (χ1v) is 10.4. The summed E-state index contributed by atoms with van der Waals surface area (Å²) in [6.45, 7) is 9.49. The first kappa shape index (κ1) is 20.7. The molecule has 1 aliphatic heterocycles. The van der Waals surface area contributed by atoms with Crippen LogP contribution in [0.15, 0.2) is 34.5 Å². The maximum atomic E-state index is 12.3. The first-order chi connectivity index (χ1) is 13.1. The molecule has 1 N–H and O–H groups in total. The van der Waals surface area contributed by atoms with E-state index in [1.165, 1.54) is 0 Å². The summed E-state index contributed by atoms with van der Waals surface area (Å²) >= 11 is 7.54. The zero-order valence-electron chi connectivity index (χ0n) is 16.6. The number of thioether (sulfide) groups is 1. The highest BCUT2D eigenvalue weighted by atomic mass is 35.5. The molecule has 9 heteroatoms. The molecular formula is C19H24ClN5O2S. The Hall–Kier alpha value is -2.06. The van der Waals surface area contributed by atoms with Crippen molar-refractivity contribution in [2.75, 3.05) is 5.75 Å². The third kappa shape index (κ3) is 4.86. The van der Waals surface area contributed by atoms with Gasteiger partial charge in [0.15, 0.2) is 5.82 Å². The highest BCUT2D eigenvalue weighted by Crippen LogP contribution is 2.29. The average Bonchev–Trinajstić information content (AvgIpc) is 3.01. The second-order valence-corrected chi connectivity index (χ2v) is 9.24. The third-order valence-corrected chi connectivity index (χ3v) is 5.17. The van der Waals surface area contributed by atoms with E-state index in [-0.39, 0.29) is 12.0 Å². The lowest BCUT2D eigenvalue weighted by molar-refractivity contribution is 0.0485. The van der Waals surface area contributed by atoms with Gasteiger partial charge in [0.2, 0.25) is 5.16 Å². The molecule has 0 saturated carbocycles. The van der Waals surface area contributed by atoms with Gasteiger partial charge in [-0.3, -0.25) is 0 Å². The fourth-order valence-corrected chi connectivity index (χ4v) is 3.66. The number of amides is 1. The zero-order valence-corrected chi connectivity index (χ0v) is 18.1. The Balaban J connectivity index is 1.90. The molecular weight excluding hydrogens is 398 g/mol. The Morgan fingerprint density at radius 1 is 1.25 bits per heavy atom. The number of fused-ring (bicyclic) bond motifs is 1. The summed E-state index contributed by atoms with van der Waals surface area (Å²) in [5.41, 5.74) is 1.31. The van der Waals surface area contributed by atoms with Crippen LogP contribution >= 0.6 is 23.4 Å². The predicted molar refractivity (Wildman–Crippen MR) is 111 cm³/mol. The van der Waals surface area contributed by atoms with Crippen LogP contribution in [0.5, 0.6) is 0 Å². The van der Waals surface area contributed by atoms with Gasteiger partial charge in [-0.25, -0.2) is 4.79 Å². The van der Waals surface area contributed by atoms with E-state index in [9.17, 15) is 4.79 Å².